The van der Waals surface area contributed by atoms with Crippen molar-refractivity contribution >= 4 is 0 Å². The summed E-state index contributed by atoms with van der Waals surface area (Å²) < 4.78 is 38.7. The molecular weight excluding hydrogens is 269 g/mol. The molecule has 6 heteroatoms. The summed E-state index contributed by atoms with van der Waals surface area (Å²) in [6.45, 7) is 2.36. The second-order valence-corrected chi connectivity index (χ2v) is 5.13. The summed E-state index contributed by atoms with van der Waals surface area (Å²) in [6, 6.07) is 5.01. The molecule has 2 atom stereocenters. The van der Waals surface area contributed by atoms with Crippen LogP contribution in [-0.4, -0.2) is 43.3 Å². The minimum absolute atomic E-state index is 0.192. The van der Waals surface area contributed by atoms with Gasteiger partial charge in [-0.2, -0.15) is 13.2 Å². The van der Waals surface area contributed by atoms with Crippen molar-refractivity contribution in [3.8, 4) is 0 Å². The van der Waals surface area contributed by atoms with Gasteiger partial charge in [0.2, 0.25) is 0 Å². The summed E-state index contributed by atoms with van der Waals surface area (Å²) in [7, 11) is 3.65. The largest absolute Gasteiger partial charge is 0.416 e. The van der Waals surface area contributed by atoms with Gasteiger partial charge in [-0.25, -0.2) is 0 Å². The summed E-state index contributed by atoms with van der Waals surface area (Å²) in [5, 5.41) is 12.7. The van der Waals surface area contributed by atoms with Crippen LogP contribution >= 0.6 is 0 Å². The molecule has 1 aromatic rings. The predicted molar refractivity (Wildman–Crippen MR) is 72.4 cm³/mol. The quantitative estimate of drug-likeness (QED) is 0.844. The van der Waals surface area contributed by atoms with Crippen molar-refractivity contribution < 1.29 is 18.3 Å². The Kier molecular flexibility index (Phi) is 5.98. The predicted octanol–water partition coefficient (Wildman–Crippen LogP) is 2.28. The first-order valence-electron chi connectivity index (χ1n) is 6.44. The van der Waals surface area contributed by atoms with Crippen molar-refractivity contribution in [1.82, 2.24) is 10.2 Å². The molecule has 0 radical (unpaired) electrons. The standard InChI is InChI=1S/C14H21F3N2O/c1-10(18-8-11(20)9-19(2)3)12-6-4-5-7-13(12)14(15,16)17/h4-7,10-11,18,20H,8-9H2,1-3H3/t10-,11-/m0/s1. The minimum Gasteiger partial charge on any atom is -0.390 e. The maximum absolute atomic E-state index is 12.9. The SMILES string of the molecule is C[C@H](NC[C@H](O)CN(C)C)c1ccccc1C(F)(F)F. The van der Waals surface area contributed by atoms with Crippen LogP contribution in [0.4, 0.5) is 13.2 Å². The number of benzene rings is 1. The molecule has 0 aliphatic carbocycles. The Morgan fingerprint density at radius 2 is 1.85 bits per heavy atom. The molecule has 20 heavy (non-hydrogen) atoms. The van der Waals surface area contributed by atoms with E-state index < -0.39 is 23.9 Å². The van der Waals surface area contributed by atoms with Gasteiger partial charge >= 0.3 is 6.18 Å². The van der Waals surface area contributed by atoms with Crippen LogP contribution in [-0.2, 0) is 6.18 Å². The van der Waals surface area contributed by atoms with E-state index in [4.69, 9.17) is 0 Å². The molecule has 2 N–H and O–H groups in total. The molecule has 0 aromatic heterocycles. The molecule has 0 aliphatic heterocycles. The number of alkyl halides is 3. The first-order chi connectivity index (χ1) is 9.21. The lowest BCUT2D eigenvalue weighted by atomic mass is 10.0. The van der Waals surface area contributed by atoms with Gasteiger partial charge < -0.3 is 15.3 Å². The van der Waals surface area contributed by atoms with Crippen molar-refractivity contribution in [1.29, 1.82) is 0 Å². The van der Waals surface area contributed by atoms with Crippen LogP contribution in [0.2, 0.25) is 0 Å². The second kappa shape index (κ2) is 7.06. The third-order valence-corrected chi connectivity index (χ3v) is 2.97. The van der Waals surface area contributed by atoms with Crippen molar-refractivity contribution in [3.05, 3.63) is 35.4 Å². The average molecular weight is 290 g/mol. The molecule has 114 valence electrons. The minimum atomic E-state index is -4.37. The topological polar surface area (TPSA) is 35.5 Å². The monoisotopic (exact) mass is 290 g/mol. The molecular formula is C14H21F3N2O. The molecule has 3 nitrogen and oxygen atoms in total. The van der Waals surface area contributed by atoms with Gasteiger partial charge in [0.25, 0.3) is 0 Å². The molecule has 0 bridgehead atoms. The zero-order valence-corrected chi connectivity index (χ0v) is 11.9. The van der Waals surface area contributed by atoms with E-state index in [1.54, 1.807) is 13.0 Å². The number of rotatable bonds is 6. The summed E-state index contributed by atoms with van der Waals surface area (Å²) in [5.41, 5.74) is -0.445. The zero-order chi connectivity index (χ0) is 15.3. The lowest BCUT2D eigenvalue weighted by Gasteiger charge is -2.22. The van der Waals surface area contributed by atoms with Crippen LogP contribution in [0, 0.1) is 0 Å². The average Bonchev–Trinajstić information content (AvgIpc) is 2.34. The van der Waals surface area contributed by atoms with E-state index in [9.17, 15) is 18.3 Å². The highest BCUT2D eigenvalue weighted by Crippen LogP contribution is 2.34. The Balaban J connectivity index is 2.71. The van der Waals surface area contributed by atoms with Crippen molar-refractivity contribution in [3.63, 3.8) is 0 Å². The molecule has 1 rings (SSSR count). The van der Waals surface area contributed by atoms with E-state index in [2.05, 4.69) is 5.32 Å². The van der Waals surface area contributed by atoms with Gasteiger partial charge in [0.15, 0.2) is 0 Å². The Morgan fingerprint density at radius 3 is 2.40 bits per heavy atom. The molecule has 0 heterocycles. The molecule has 0 spiro atoms. The second-order valence-electron chi connectivity index (χ2n) is 5.13. The summed E-state index contributed by atoms with van der Waals surface area (Å²) in [6.07, 6.45) is -4.99. The fourth-order valence-electron chi connectivity index (χ4n) is 2.04. The molecule has 0 aliphatic rings. The number of nitrogens with zero attached hydrogens (tertiary/aromatic N) is 1. The highest BCUT2D eigenvalue weighted by Gasteiger charge is 2.34. The number of likely N-dealkylation sites (N-methyl/N-ethyl adjacent to an activating group) is 1. The Labute approximate surface area is 117 Å². The highest BCUT2D eigenvalue weighted by molar-refractivity contribution is 5.32. The van der Waals surface area contributed by atoms with Gasteiger partial charge in [-0.15, -0.1) is 0 Å². The third kappa shape index (κ3) is 5.11. The molecule has 0 unspecified atom stereocenters. The molecule has 0 saturated heterocycles. The Bertz CT molecular complexity index is 421. The number of nitrogens with one attached hydrogen (secondary N) is 1. The van der Waals surface area contributed by atoms with Crippen LogP contribution < -0.4 is 5.32 Å². The van der Waals surface area contributed by atoms with Crippen LogP contribution in [0.5, 0.6) is 0 Å². The van der Waals surface area contributed by atoms with Crippen LogP contribution in [0.3, 0.4) is 0 Å². The van der Waals surface area contributed by atoms with E-state index >= 15 is 0 Å². The number of aliphatic hydroxyl groups excluding tert-OH is 1. The third-order valence-electron chi connectivity index (χ3n) is 2.97. The van der Waals surface area contributed by atoms with Gasteiger partial charge in [-0.05, 0) is 32.6 Å². The number of hydrogen-bond acceptors (Lipinski definition) is 3. The maximum Gasteiger partial charge on any atom is 0.416 e. The zero-order valence-electron chi connectivity index (χ0n) is 11.9. The van der Waals surface area contributed by atoms with Gasteiger partial charge in [0.1, 0.15) is 0 Å². The van der Waals surface area contributed by atoms with Gasteiger partial charge in [-0.3, -0.25) is 0 Å². The summed E-state index contributed by atoms with van der Waals surface area (Å²) >= 11 is 0. The molecule has 1 aromatic carbocycles. The van der Waals surface area contributed by atoms with Crippen LogP contribution in [0.25, 0.3) is 0 Å². The summed E-state index contributed by atoms with van der Waals surface area (Å²) in [4.78, 5) is 1.82. The Morgan fingerprint density at radius 1 is 1.25 bits per heavy atom. The van der Waals surface area contributed by atoms with Crippen molar-refractivity contribution in [2.75, 3.05) is 27.2 Å². The van der Waals surface area contributed by atoms with E-state index in [1.165, 1.54) is 12.1 Å². The van der Waals surface area contributed by atoms with E-state index in [-0.39, 0.29) is 12.1 Å². The van der Waals surface area contributed by atoms with Crippen LogP contribution in [0.1, 0.15) is 24.1 Å². The number of aliphatic hydroxyl groups is 1. The van der Waals surface area contributed by atoms with Gasteiger partial charge in [0, 0.05) is 19.1 Å². The van der Waals surface area contributed by atoms with Crippen molar-refractivity contribution in [2.24, 2.45) is 0 Å². The van der Waals surface area contributed by atoms with E-state index in [0.29, 0.717) is 6.54 Å². The molecule has 0 amide bonds. The maximum atomic E-state index is 12.9. The fourth-order valence-corrected chi connectivity index (χ4v) is 2.04. The fraction of sp³-hybridized carbons (Fsp3) is 0.571. The van der Waals surface area contributed by atoms with Gasteiger partial charge in [0.05, 0.1) is 11.7 Å². The van der Waals surface area contributed by atoms with E-state index in [1.807, 2.05) is 19.0 Å². The number of halogens is 3. The van der Waals surface area contributed by atoms with Crippen LogP contribution in [0.15, 0.2) is 24.3 Å². The lowest BCUT2D eigenvalue weighted by molar-refractivity contribution is -0.138. The lowest BCUT2D eigenvalue weighted by Crippen LogP contribution is -2.36. The van der Waals surface area contributed by atoms with Crippen molar-refractivity contribution in [2.45, 2.75) is 25.2 Å². The smallest absolute Gasteiger partial charge is 0.390 e. The summed E-state index contributed by atoms with van der Waals surface area (Å²) in [5.74, 6) is 0. The highest BCUT2D eigenvalue weighted by atomic mass is 19.4. The van der Waals surface area contributed by atoms with Gasteiger partial charge in [-0.1, -0.05) is 18.2 Å². The number of hydrogen-bond donors (Lipinski definition) is 2. The molecule has 0 saturated carbocycles. The first kappa shape index (κ1) is 16.9. The van der Waals surface area contributed by atoms with E-state index in [0.717, 1.165) is 6.07 Å². The normalized spacial score (nSPS) is 15.4. The molecule has 0 fully saturated rings. The Hall–Kier alpha value is -1.11. The first-order valence-corrected chi connectivity index (χ1v) is 6.44.